The predicted octanol–water partition coefficient (Wildman–Crippen LogP) is 3.22. The van der Waals surface area contributed by atoms with Gasteiger partial charge in [0.05, 0.1) is 0 Å². The van der Waals surface area contributed by atoms with Crippen LogP contribution in [-0.4, -0.2) is 18.0 Å². The maximum absolute atomic E-state index is 5.65. The molecule has 0 amide bonds. The molecule has 96 valence electrons. The highest BCUT2D eigenvalue weighted by Crippen LogP contribution is 2.37. The molecular formula is C14H24N2S. The predicted molar refractivity (Wildman–Crippen MR) is 75.1 cm³/mol. The van der Waals surface area contributed by atoms with Gasteiger partial charge in [-0.3, -0.25) is 4.90 Å². The van der Waals surface area contributed by atoms with E-state index >= 15 is 0 Å². The van der Waals surface area contributed by atoms with Crippen molar-refractivity contribution in [2.75, 3.05) is 13.1 Å². The molecule has 0 atom stereocenters. The van der Waals surface area contributed by atoms with E-state index in [1.54, 1.807) is 0 Å². The Labute approximate surface area is 109 Å². The fourth-order valence-corrected chi connectivity index (χ4v) is 3.77. The standard InChI is InChI=1S/C14H24N2S/c1-3-14(4-2)7-8-16(11-14)10-13-6-5-12(9-15)17-13/h5-6H,3-4,7-11,15H2,1-2H3. The maximum Gasteiger partial charge on any atom is 0.0328 e. The average Bonchev–Trinajstić information content (AvgIpc) is 2.97. The molecule has 1 saturated heterocycles. The lowest BCUT2D eigenvalue weighted by atomic mass is 9.82. The van der Waals surface area contributed by atoms with Crippen LogP contribution in [0.3, 0.4) is 0 Å². The number of nitrogens with two attached hydrogens (primary N) is 1. The minimum Gasteiger partial charge on any atom is -0.326 e. The number of nitrogens with zero attached hydrogens (tertiary/aromatic N) is 1. The van der Waals surface area contributed by atoms with E-state index in [4.69, 9.17) is 5.73 Å². The largest absolute Gasteiger partial charge is 0.326 e. The van der Waals surface area contributed by atoms with Gasteiger partial charge in [-0.05, 0) is 43.4 Å². The van der Waals surface area contributed by atoms with E-state index in [1.165, 1.54) is 42.1 Å². The van der Waals surface area contributed by atoms with Crippen LogP contribution >= 0.6 is 11.3 Å². The molecule has 2 nitrogen and oxygen atoms in total. The topological polar surface area (TPSA) is 29.3 Å². The van der Waals surface area contributed by atoms with Gasteiger partial charge < -0.3 is 5.73 Å². The van der Waals surface area contributed by atoms with Crippen LogP contribution in [0, 0.1) is 5.41 Å². The second-order valence-corrected chi connectivity index (χ2v) is 6.49. The van der Waals surface area contributed by atoms with E-state index in [0.29, 0.717) is 12.0 Å². The van der Waals surface area contributed by atoms with Crippen LogP contribution in [-0.2, 0) is 13.1 Å². The van der Waals surface area contributed by atoms with E-state index < -0.39 is 0 Å². The normalized spacial score (nSPS) is 19.9. The van der Waals surface area contributed by atoms with Crippen LogP contribution < -0.4 is 5.73 Å². The minimum atomic E-state index is 0.591. The monoisotopic (exact) mass is 252 g/mol. The maximum atomic E-state index is 5.65. The molecule has 0 aliphatic carbocycles. The van der Waals surface area contributed by atoms with Crippen LogP contribution in [0.2, 0.25) is 0 Å². The van der Waals surface area contributed by atoms with Gasteiger partial charge in [-0.2, -0.15) is 0 Å². The quantitative estimate of drug-likeness (QED) is 0.872. The van der Waals surface area contributed by atoms with Crippen molar-refractivity contribution in [1.29, 1.82) is 0 Å². The fourth-order valence-electron chi connectivity index (χ4n) is 2.83. The lowest BCUT2D eigenvalue weighted by Gasteiger charge is -2.26. The number of hydrogen-bond donors (Lipinski definition) is 1. The van der Waals surface area contributed by atoms with Crippen LogP contribution in [0.15, 0.2) is 12.1 Å². The van der Waals surface area contributed by atoms with Gasteiger partial charge in [0, 0.05) is 29.4 Å². The van der Waals surface area contributed by atoms with Crippen molar-refractivity contribution in [2.24, 2.45) is 11.1 Å². The SMILES string of the molecule is CCC1(CC)CCN(Cc2ccc(CN)s2)C1. The van der Waals surface area contributed by atoms with Crippen molar-refractivity contribution in [3.05, 3.63) is 21.9 Å². The summed E-state index contributed by atoms with van der Waals surface area (Å²) in [5.41, 5.74) is 6.25. The van der Waals surface area contributed by atoms with Crippen LogP contribution in [0.4, 0.5) is 0 Å². The molecule has 0 unspecified atom stereocenters. The van der Waals surface area contributed by atoms with Gasteiger partial charge in [-0.1, -0.05) is 13.8 Å². The molecule has 0 aromatic carbocycles. The molecule has 2 N–H and O–H groups in total. The van der Waals surface area contributed by atoms with Gasteiger partial charge in [0.2, 0.25) is 0 Å². The highest BCUT2D eigenvalue weighted by atomic mass is 32.1. The second kappa shape index (κ2) is 5.51. The molecule has 0 bridgehead atoms. The molecule has 1 aromatic heterocycles. The molecule has 2 heterocycles. The summed E-state index contributed by atoms with van der Waals surface area (Å²) in [6, 6.07) is 4.41. The van der Waals surface area contributed by atoms with Crippen LogP contribution in [0.25, 0.3) is 0 Å². The Morgan fingerprint density at radius 3 is 2.53 bits per heavy atom. The van der Waals surface area contributed by atoms with Crippen LogP contribution in [0.1, 0.15) is 42.9 Å². The van der Waals surface area contributed by atoms with Gasteiger partial charge in [-0.25, -0.2) is 0 Å². The summed E-state index contributed by atoms with van der Waals surface area (Å²) in [6.45, 7) is 9.01. The molecule has 3 heteroatoms. The third-order valence-electron chi connectivity index (χ3n) is 4.32. The van der Waals surface area contributed by atoms with Gasteiger partial charge in [0.1, 0.15) is 0 Å². The van der Waals surface area contributed by atoms with Crippen molar-refractivity contribution < 1.29 is 0 Å². The number of thiophene rings is 1. The Morgan fingerprint density at radius 2 is 2.00 bits per heavy atom. The Bertz CT molecular complexity index is 355. The zero-order valence-corrected chi connectivity index (χ0v) is 11.9. The smallest absolute Gasteiger partial charge is 0.0328 e. The summed E-state index contributed by atoms with van der Waals surface area (Å²) < 4.78 is 0. The molecule has 0 saturated carbocycles. The zero-order chi connectivity index (χ0) is 12.3. The average molecular weight is 252 g/mol. The summed E-state index contributed by atoms with van der Waals surface area (Å²) >= 11 is 1.87. The van der Waals surface area contributed by atoms with Crippen LogP contribution in [0.5, 0.6) is 0 Å². The third kappa shape index (κ3) is 2.90. The first-order chi connectivity index (χ1) is 8.21. The van der Waals surface area contributed by atoms with Gasteiger partial charge in [-0.15, -0.1) is 11.3 Å². The highest BCUT2D eigenvalue weighted by molar-refractivity contribution is 7.11. The molecular weight excluding hydrogens is 228 g/mol. The van der Waals surface area contributed by atoms with E-state index in [1.807, 2.05) is 11.3 Å². The van der Waals surface area contributed by atoms with Crippen molar-refractivity contribution in [3.63, 3.8) is 0 Å². The molecule has 1 aromatic rings. The molecule has 0 radical (unpaired) electrons. The first-order valence-corrected chi connectivity index (χ1v) is 7.53. The summed E-state index contributed by atoms with van der Waals surface area (Å²) in [5.74, 6) is 0. The Kier molecular flexibility index (Phi) is 4.23. The highest BCUT2D eigenvalue weighted by Gasteiger charge is 2.34. The lowest BCUT2D eigenvalue weighted by molar-refractivity contribution is 0.237. The summed E-state index contributed by atoms with van der Waals surface area (Å²) in [4.78, 5) is 5.38. The van der Waals surface area contributed by atoms with Gasteiger partial charge in [0.15, 0.2) is 0 Å². The zero-order valence-electron chi connectivity index (χ0n) is 11.0. The molecule has 1 aliphatic heterocycles. The van der Waals surface area contributed by atoms with Gasteiger partial charge >= 0.3 is 0 Å². The molecule has 17 heavy (non-hydrogen) atoms. The van der Waals surface area contributed by atoms with Crippen molar-refractivity contribution >= 4 is 11.3 Å². The first-order valence-electron chi connectivity index (χ1n) is 6.71. The van der Waals surface area contributed by atoms with E-state index in [9.17, 15) is 0 Å². The van der Waals surface area contributed by atoms with E-state index in [2.05, 4.69) is 30.9 Å². The lowest BCUT2D eigenvalue weighted by Crippen LogP contribution is -2.25. The third-order valence-corrected chi connectivity index (χ3v) is 5.41. The van der Waals surface area contributed by atoms with Crippen molar-refractivity contribution in [3.8, 4) is 0 Å². The number of hydrogen-bond acceptors (Lipinski definition) is 3. The van der Waals surface area contributed by atoms with Crippen molar-refractivity contribution in [2.45, 2.75) is 46.2 Å². The Morgan fingerprint density at radius 1 is 1.29 bits per heavy atom. The second-order valence-electron chi connectivity index (χ2n) is 5.24. The Hall–Kier alpha value is -0.380. The van der Waals surface area contributed by atoms with E-state index in [-0.39, 0.29) is 0 Å². The molecule has 2 rings (SSSR count). The summed E-state index contributed by atoms with van der Waals surface area (Å²) in [5, 5.41) is 0. The molecule has 0 spiro atoms. The number of rotatable bonds is 5. The summed E-state index contributed by atoms with van der Waals surface area (Å²) in [7, 11) is 0. The minimum absolute atomic E-state index is 0.591. The Balaban J connectivity index is 1.93. The number of likely N-dealkylation sites (tertiary alicyclic amines) is 1. The summed E-state index contributed by atoms with van der Waals surface area (Å²) in [6.07, 6.45) is 4.01. The van der Waals surface area contributed by atoms with Crippen molar-refractivity contribution in [1.82, 2.24) is 4.90 Å². The van der Waals surface area contributed by atoms with Gasteiger partial charge in [0.25, 0.3) is 0 Å². The first kappa shape index (κ1) is 13.1. The molecule has 1 aliphatic rings. The fraction of sp³-hybridized carbons (Fsp3) is 0.714. The molecule has 1 fully saturated rings. The van der Waals surface area contributed by atoms with E-state index in [0.717, 1.165) is 6.54 Å².